The third kappa shape index (κ3) is 1.78. The van der Waals surface area contributed by atoms with Crippen molar-refractivity contribution in [1.29, 1.82) is 0 Å². The first kappa shape index (κ1) is 9.93. The van der Waals surface area contributed by atoms with Crippen molar-refractivity contribution in [2.75, 3.05) is 0 Å². The van der Waals surface area contributed by atoms with Crippen LogP contribution in [0.3, 0.4) is 0 Å². The van der Waals surface area contributed by atoms with Crippen molar-refractivity contribution in [3.8, 4) is 5.69 Å². The zero-order valence-corrected chi connectivity index (χ0v) is 8.90. The lowest BCUT2D eigenvalue weighted by Crippen LogP contribution is -1.98. The Morgan fingerprint density at radius 3 is 2.53 bits per heavy atom. The zero-order chi connectivity index (χ0) is 10.8. The molecule has 76 valence electrons. The molecule has 0 bridgehead atoms. The van der Waals surface area contributed by atoms with Gasteiger partial charge in [-0.2, -0.15) is 5.10 Å². The molecule has 0 spiro atoms. The average molecular weight is 221 g/mol. The maximum Gasteiger partial charge on any atom is 0.153 e. The molecule has 2 aromatic rings. The molecule has 4 heteroatoms. The fraction of sp³-hybridized carbons (Fsp3) is 0.0909. The lowest BCUT2D eigenvalue weighted by Gasteiger charge is -2.03. The molecule has 0 fully saturated rings. The molecule has 0 aliphatic carbocycles. The first-order valence-corrected chi connectivity index (χ1v) is 4.86. The maximum atomic E-state index is 10.7. The molecule has 1 aromatic carbocycles. The van der Waals surface area contributed by atoms with E-state index in [0.717, 1.165) is 17.7 Å². The Hall–Kier alpha value is -1.61. The highest BCUT2D eigenvalue weighted by atomic mass is 35.5. The van der Waals surface area contributed by atoms with Crippen LogP contribution in [0.2, 0.25) is 5.02 Å². The molecule has 15 heavy (non-hydrogen) atoms. The van der Waals surface area contributed by atoms with Crippen molar-refractivity contribution in [2.45, 2.75) is 6.92 Å². The summed E-state index contributed by atoms with van der Waals surface area (Å²) in [6.45, 7) is 1.85. The first-order chi connectivity index (χ1) is 7.22. The van der Waals surface area contributed by atoms with Crippen LogP contribution < -0.4 is 0 Å². The summed E-state index contributed by atoms with van der Waals surface area (Å²) in [5.74, 6) is 0. The molecule has 1 aromatic heterocycles. The summed E-state index contributed by atoms with van der Waals surface area (Å²) in [4.78, 5) is 10.7. The highest BCUT2D eigenvalue weighted by Crippen LogP contribution is 2.15. The van der Waals surface area contributed by atoms with Crippen LogP contribution >= 0.6 is 11.6 Å². The molecule has 0 radical (unpaired) electrons. The summed E-state index contributed by atoms with van der Waals surface area (Å²) in [5, 5.41) is 4.81. The summed E-state index contributed by atoms with van der Waals surface area (Å²) in [6, 6.07) is 7.30. The molecule has 0 saturated heterocycles. The van der Waals surface area contributed by atoms with E-state index in [1.807, 2.05) is 19.1 Å². The van der Waals surface area contributed by atoms with Gasteiger partial charge in [-0.15, -0.1) is 0 Å². The minimum atomic E-state index is 0.602. The van der Waals surface area contributed by atoms with Gasteiger partial charge in [0, 0.05) is 5.02 Å². The number of aromatic nitrogens is 2. The Morgan fingerprint density at radius 1 is 1.33 bits per heavy atom. The Labute approximate surface area is 92.3 Å². The Morgan fingerprint density at radius 2 is 2.00 bits per heavy atom. The second-order valence-corrected chi connectivity index (χ2v) is 3.63. The van der Waals surface area contributed by atoms with Gasteiger partial charge in [-0.05, 0) is 31.2 Å². The van der Waals surface area contributed by atoms with Gasteiger partial charge in [0.25, 0.3) is 0 Å². The number of carbonyl (C=O) groups is 1. The number of nitrogens with zero attached hydrogens (tertiary/aromatic N) is 2. The lowest BCUT2D eigenvalue weighted by atomic mass is 10.2. The molecule has 3 nitrogen and oxygen atoms in total. The largest absolute Gasteiger partial charge is 0.298 e. The van der Waals surface area contributed by atoms with Gasteiger partial charge in [0.05, 0.1) is 23.1 Å². The zero-order valence-electron chi connectivity index (χ0n) is 8.14. The third-order valence-corrected chi connectivity index (χ3v) is 2.50. The highest BCUT2D eigenvalue weighted by Gasteiger charge is 2.06. The van der Waals surface area contributed by atoms with Crippen molar-refractivity contribution < 1.29 is 4.79 Å². The van der Waals surface area contributed by atoms with E-state index in [4.69, 9.17) is 11.6 Å². The summed E-state index contributed by atoms with van der Waals surface area (Å²) >= 11 is 5.79. The highest BCUT2D eigenvalue weighted by molar-refractivity contribution is 6.30. The van der Waals surface area contributed by atoms with Gasteiger partial charge < -0.3 is 0 Å². The van der Waals surface area contributed by atoms with E-state index < -0.39 is 0 Å². The van der Waals surface area contributed by atoms with E-state index in [1.165, 1.54) is 0 Å². The molecule has 2 rings (SSSR count). The van der Waals surface area contributed by atoms with Gasteiger partial charge in [0.15, 0.2) is 6.29 Å². The Kier molecular flexibility index (Phi) is 2.56. The van der Waals surface area contributed by atoms with E-state index in [0.29, 0.717) is 10.6 Å². The van der Waals surface area contributed by atoms with Gasteiger partial charge in [0.1, 0.15) is 0 Å². The molecular weight excluding hydrogens is 212 g/mol. The predicted octanol–water partition coefficient (Wildman–Crippen LogP) is 2.65. The number of hydrogen-bond acceptors (Lipinski definition) is 2. The Bertz CT molecular complexity index is 488. The van der Waals surface area contributed by atoms with Crippen molar-refractivity contribution >= 4 is 17.9 Å². The average Bonchev–Trinajstić information content (AvgIpc) is 2.61. The van der Waals surface area contributed by atoms with Crippen LogP contribution in [0.15, 0.2) is 30.5 Å². The second kappa shape index (κ2) is 3.87. The minimum Gasteiger partial charge on any atom is -0.298 e. The fourth-order valence-electron chi connectivity index (χ4n) is 1.38. The number of aldehydes is 1. The number of hydrogen-bond donors (Lipinski definition) is 0. The smallest absolute Gasteiger partial charge is 0.153 e. The number of halogens is 1. The van der Waals surface area contributed by atoms with Crippen LogP contribution in [0.25, 0.3) is 5.69 Å². The van der Waals surface area contributed by atoms with E-state index in [9.17, 15) is 4.79 Å². The molecule has 0 N–H and O–H groups in total. The standard InChI is InChI=1S/C11H9ClN2O/c1-8-9(7-15)6-13-14(8)11-4-2-10(12)3-5-11/h2-7H,1H3. The molecule has 0 amide bonds. The van der Waals surface area contributed by atoms with Crippen molar-refractivity contribution in [3.63, 3.8) is 0 Å². The van der Waals surface area contributed by atoms with Crippen LogP contribution in [0.4, 0.5) is 0 Å². The molecule has 1 heterocycles. The van der Waals surface area contributed by atoms with Crippen molar-refractivity contribution in [2.24, 2.45) is 0 Å². The van der Waals surface area contributed by atoms with Gasteiger partial charge >= 0.3 is 0 Å². The molecule has 0 atom stereocenters. The number of carbonyl (C=O) groups excluding carboxylic acids is 1. The minimum absolute atomic E-state index is 0.602. The van der Waals surface area contributed by atoms with Gasteiger partial charge in [-0.1, -0.05) is 11.6 Å². The second-order valence-electron chi connectivity index (χ2n) is 3.19. The number of benzene rings is 1. The van der Waals surface area contributed by atoms with Crippen molar-refractivity contribution in [3.05, 3.63) is 46.7 Å². The maximum absolute atomic E-state index is 10.7. The van der Waals surface area contributed by atoms with Crippen LogP contribution in [-0.4, -0.2) is 16.1 Å². The summed E-state index contributed by atoms with van der Waals surface area (Å²) < 4.78 is 1.71. The third-order valence-electron chi connectivity index (χ3n) is 2.25. The van der Waals surface area contributed by atoms with E-state index in [-0.39, 0.29) is 0 Å². The SMILES string of the molecule is Cc1c(C=O)cnn1-c1ccc(Cl)cc1. The lowest BCUT2D eigenvalue weighted by molar-refractivity contribution is 0.112. The van der Waals surface area contributed by atoms with Crippen LogP contribution in [0.5, 0.6) is 0 Å². The quantitative estimate of drug-likeness (QED) is 0.730. The molecule has 0 unspecified atom stereocenters. The molecular formula is C11H9ClN2O. The van der Waals surface area contributed by atoms with E-state index >= 15 is 0 Å². The van der Waals surface area contributed by atoms with Gasteiger partial charge in [-0.25, -0.2) is 4.68 Å². The number of rotatable bonds is 2. The van der Waals surface area contributed by atoms with Crippen molar-refractivity contribution in [1.82, 2.24) is 9.78 Å². The molecule has 0 saturated carbocycles. The molecule has 0 aliphatic rings. The topological polar surface area (TPSA) is 34.9 Å². The van der Waals surface area contributed by atoms with Gasteiger partial charge in [-0.3, -0.25) is 4.79 Å². The summed E-state index contributed by atoms with van der Waals surface area (Å²) in [5.41, 5.74) is 2.32. The van der Waals surface area contributed by atoms with Gasteiger partial charge in [0.2, 0.25) is 0 Å². The monoisotopic (exact) mass is 220 g/mol. The Balaban J connectivity index is 2.49. The molecule has 0 aliphatic heterocycles. The van der Waals surface area contributed by atoms with Crippen LogP contribution in [0.1, 0.15) is 16.1 Å². The predicted molar refractivity (Wildman–Crippen MR) is 58.7 cm³/mol. The first-order valence-electron chi connectivity index (χ1n) is 4.48. The van der Waals surface area contributed by atoms with E-state index in [2.05, 4.69) is 5.10 Å². The van der Waals surface area contributed by atoms with E-state index in [1.54, 1.807) is 23.0 Å². The summed E-state index contributed by atoms with van der Waals surface area (Å²) in [7, 11) is 0. The van der Waals surface area contributed by atoms with Crippen LogP contribution in [-0.2, 0) is 0 Å². The normalized spacial score (nSPS) is 10.3. The van der Waals surface area contributed by atoms with Crippen LogP contribution in [0, 0.1) is 6.92 Å². The summed E-state index contributed by atoms with van der Waals surface area (Å²) in [6.07, 6.45) is 2.35. The fourth-order valence-corrected chi connectivity index (χ4v) is 1.51.